The number of unbranched alkanes of at least 4 members (excludes halogenated alkanes) is 26. The largest absolute Gasteiger partial charge is 0.545 e. The van der Waals surface area contributed by atoms with Gasteiger partial charge >= 0.3 is 11.9 Å². The molecule has 0 aromatic carbocycles. The number of allylic oxidation sites excluding steroid dienone is 32. The third kappa shape index (κ3) is 81.3. The molecular weight excluding hydrogens is 1250 g/mol. The fourth-order valence-corrected chi connectivity index (χ4v) is 10.7. The third-order valence-corrected chi connectivity index (χ3v) is 16.8. The molecule has 0 saturated carbocycles. The van der Waals surface area contributed by atoms with E-state index in [4.69, 9.17) is 18.9 Å². The Labute approximate surface area is 621 Å². The molecule has 0 fully saturated rings. The van der Waals surface area contributed by atoms with Crippen molar-refractivity contribution in [2.24, 2.45) is 0 Å². The van der Waals surface area contributed by atoms with Gasteiger partial charge in [-0.25, -0.2) is 0 Å². The summed E-state index contributed by atoms with van der Waals surface area (Å²) < 4.78 is 22.8. The Bertz CT molecular complexity index is 2380. The Morgan fingerprint density at radius 1 is 0.297 bits per heavy atom. The van der Waals surface area contributed by atoms with E-state index in [1.54, 1.807) is 0 Å². The number of nitrogens with zero attached hydrogens (tertiary/aromatic N) is 1. The second-order valence-electron chi connectivity index (χ2n) is 27.6. The summed E-state index contributed by atoms with van der Waals surface area (Å²) >= 11 is 0. The Kier molecular flexibility index (Phi) is 75.2. The topological polar surface area (TPSA) is 111 Å². The number of hydrogen-bond donors (Lipinski definition) is 0. The van der Waals surface area contributed by atoms with Gasteiger partial charge in [0.05, 0.1) is 40.3 Å². The number of carboxylic acids is 1. The molecule has 0 radical (unpaired) electrons. The first kappa shape index (κ1) is 95.1. The number of quaternary nitrogens is 1. The summed E-state index contributed by atoms with van der Waals surface area (Å²) in [5.74, 6) is -2.32. The number of ether oxygens (including phenoxy) is 4. The van der Waals surface area contributed by atoms with Crippen LogP contribution in [0, 0.1) is 0 Å². The number of esters is 2. The molecule has 2 atom stereocenters. The van der Waals surface area contributed by atoms with Crippen molar-refractivity contribution in [1.29, 1.82) is 0 Å². The predicted molar refractivity (Wildman–Crippen MR) is 434 cm³/mol. The van der Waals surface area contributed by atoms with Gasteiger partial charge in [-0.3, -0.25) is 9.59 Å². The number of carbonyl (C=O) groups is 3. The van der Waals surface area contributed by atoms with Gasteiger partial charge in [-0.05, 0) is 141 Å². The zero-order chi connectivity index (χ0) is 73.2. The van der Waals surface area contributed by atoms with Crippen molar-refractivity contribution in [2.45, 2.75) is 322 Å². The highest BCUT2D eigenvalue weighted by atomic mass is 16.7. The number of rotatable bonds is 73. The van der Waals surface area contributed by atoms with Crippen LogP contribution in [-0.2, 0) is 33.3 Å². The average Bonchev–Trinajstić information content (AvgIpc) is 1.21. The number of likely N-dealkylation sites (N-methyl/N-ethyl adjacent to an activating group) is 1. The molecule has 0 N–H and O–H groups in total. The number of carbonyl (C=O) groups excluding carboxylic acids is 3. The molecule has 0 aliphatic carbocycles. The van der Waals surface area contributed by atoms with Gasteiger partial charge in [0.2, 0.25) is 0 Å². The van der Waals surface area contributed by atoms with Gasteiger partial charge in [-0.2, -0.15) is 0 Å². The Hall–Kier alpha value is -5.87. The van der Waals surface area contributed by atoms with Crippen LogP contribution in [0.5, 0.6) is 0 Å². The fraction of sp³-hybridized carbons (Fsp3) is 0.620. The van der Waals surface area contributed by atoms with E-state index >= 15 is 0 Å². The molecule has 0 aromatic heterocycles. The quantitative estimate of drug-likeness (QED) is 0.0195. The lowest BCUT2D eigenvalue weighted by molar-refractivity contribution is -0.870. The molecule has 0 spiro atoms. The van der Waals surface area contributed by atoms with Gasteiger partial charge in [0.15, 0.2) is 12.4 Å². The van der Waals surface area contributed by atoms with Gasteiger partial charge in [-0.1, -0.05) is 350 Å². The summed E-state index contributed by atoms with van der Waals surface area (Å²) in [4.78, 5) is 37.6. The van der Waals surface area contributed by atoms with E-state index in [-0.39, 0.29) is 38.6 Å². The molecule has 0 bridgehead atoms. The Balaban J connectivity index is 4.12. The summed E-state index contributed by atoms with van der Waals surface area (Å²) in [5.41, 5.74) is 0. The Morgan fingerprint density at radius 2 is 0.535 bits per heavy atom. The lowest BCUT2D eigenvalue weighted by Crippen LogP contribution is -2.44. The molecule has 0 aromatic rings. The maximum atomic E-state index is 13.0. The second kappa shape index (κ2) is 79.8. The molecule has 0 heterocycles. The van der Waals surface area contributed by atoms with Gasteiger partial charge in [0.25, 0.3) is 0 Å². The second-order valence-corrected chi connectivity index (χ2v) is 27.6. The van der Waals surface area contributed by atoms with Crippen molar-refractivity contribution in [3.8, 4) is 0 Å². The van der Waals surface area contributed by atoms with Gasteiger partial charge in [0.1, 0.15) is 13.2 Å². The van der Waals surface area contributed by atoms with E-state index in [0.29, 0.717) is 17.4 Å². The predicted octanol–water partition coefficient (Wildman–Crippen LogP) is 25.1. The van der Waals surface area contributed by atoms with E-state index in [0.717, 1.165) is 154 Å². The molecule has 0 amide bonds. The maximum Gasteiger partial charge on any atom is 0.306 e. The summed E-state index contributed by atoms with van der Waals surface area (Å²) in [7, 11) is 5.92. The summed E-state index contributed by atoms with van der Waals surface area (Å²) in [6.45, 7) is 4.50. The van der Waals surface area contributed by atoms with Crippen LogP contribution in [0.1, 0.15) is 309 Å². The van der Waals surface area contributed by atoms with Gasteiger partial charge in [-0.15, -0.1) is 0 Å². The first-order valence-corrected chi connectivity index (χ1v) is 40.6. The summed E-state index contributed by atoms with van der Waals surface area (Å²) in [6, 6.07) is 0. The lowest BCUT2D eigenvalue weighted by atomic mass is 10.0. The zero-order valence-electron chi connectivity index (χ0n) is 65.2. The van der Waals surface area contributed by atoms with Crippen LogP contribution < -0.4 is 5.11 Å². The fourth-order valence-electron chi connectivity index (χ4n) is 10.7. The van der Waals surface area contributed by atoms with Crippen LogP contribution in [0.3, 0.4) is 0 Å². The monoisotopic (exact) mass is 1400 g/mol. The van der Waals surface area contributed by atoms with Crippen molar-refractivity contribution < 1.29 is 42.9 Å². The molecule has 0 rings (SSSR count). The number of hydrogen-bond acceptors (Lipinski definition) is 8. The standard InChI is InChI=1S/C92H149NO8/c1-6-8-10-12-14-16-18-20-22-24-26-28-30-32-34-36-38-40-42-44-45-47-49-51-53-55-57-59-61-63-65-67-69-71-73-75-77-79-81-83-90(95)101-88(87-100-92(91(96)97)98-85-84-93(3,4)5)86-99-89(94)82-80-78-76-74-72-70-68-66-64-62-60-58-56-54-52-50-48-46-43-41-39-37-35-33-31-29-27-25-23-21-19-17-15-13-11-9-7-2/h8-11,14-17,20-23,26-29,32-35,38,40,44-45,49,51,55,57,61,63,67,69,88,92H,6-7,12-13,18-19,24-25,30-31,36-37,39,41-43,46-48,50,52-54,56,58-60,62,64-66,68,70-87H2,1-5H3/b10-8-,11-9-,16-14-,17-15-,22-20-,23-21-,28-26-,29-27-,34-32-,35-33-,40-38-,45-44-,51-49-,57-55-,63-61-,69-67-. The highest BCUT2D eigenvalue weighted by molar-refractivity contribution is 5.70. The minimum Gasteiger partial charge on any atom is -0.545 e. The molecule has 9 nitrogen and oxygen atoms in total. The molecule has 2 unspecified atom stereocenters. The van der Waals surface area contributed by atoms with Crippen LogP contribution in [0.4, 0.5) is 0 Å². The van der Waals surface area contributed by atoms with Crippen LogP contribution >= 0.6 is 0 Å². The average molecular weight is 1400 g/mol. The molecular formula is C92H149NO8. The lowest BCUT2D eigenvalue weighted by Gasteiger charge is -2.26. The van der Waals surface area contributed by atoms with E-state index in [2.05, 4.69) is 208 Å². The third-order valence-electron chi connectivity index (χ3n) is 16.8. The van der Waals surface area contributed by atoms with Crippen molar-refractivity contribution in [1.82, 2.24) is 0 Å². The molecule has 0 aliphatic heterocycles. The van der Waals surface area contributed by atoms with Crippen LogP contribution in [0.2, 0.25) is 0 Å². The summed E-state index contributed by atoms with van der Waals surface area (Å²) in [6.07, 6.45) is 120. The first-order valence-electron chi connectivity index (χ1n) is 40.6. The molecule has 0 aliphatic rings. The van der Waals surface area contributed by atoms with Crippen molar-refractivity contribution in [3.05, 3.63) is 194 Å². The normalized spacial score (nSPS) is 13.7. The van der Waals surface area contributed by atoms with Crippen molar-refractivity contribution >= 4 is 17.9 Å². The maximum absolute atomic E-state index is 13.0. The Morgan fingerprint density at radius 3 is 0.792 bits per heavy atom. The summed E-state index contributed by atoms with van der Waals surface area (Å²) in [5, 5.41) is 11.9. The van der Waals surface area contributed by atoms with E-state index in [9.17, 15) is 19.5 Å². The van der Waals surface area contributed by atoms with Crippen molar-refractivity contribution in [2.75, 3.05) is 47.5 Å². The van der Waals surface area contributed by atoms with E-state index in [1.807, 2.05) is 21.1 Å². The first-order chi connectivity index (χ1) is 49.6. The smallest absolute Gasteiger partial charge is 0.306 e. The van der Waals surface area contributed by atoms with Gasteiger partial charge in [0, 0.05) is 12.8 Å². The van der Waals surface area contributed by atoms with E-state index in [1.165, 1.54) is 122 Å². The van der Waals surface area contributed by atoms with Crippen LogP contribution in [0.25, 0.3) is 0 Å². The SMILES string of the molecule is CC/C=C\C/C=C\C/C=C\C/C=C\C/C=C\C/C=C\C/C=C\C/C=C\C/C=C\C/C=C\C/C=C\CCCCCCCC(=O)OC(COC(=O)CCCCCCCCCCCCCCCCCCCCCCC/C=C\C/C=C\C/C=C\C/C=C\C/C=C\CC)COC(OCC[N+](C)(C)C)C(=O)[O-]. The van der Waals surface area contributed by atoms with E-state index < -0.39 is 24.3 Å². The highest BCUT2D eigenvalue weighted by Crippen LogP contribution is 2.17. The van der Waals surface area contributed by atoms with Gasteiger partial charge < -0.3 is 33.3 Å². The zero-order valence-corrected chi connectivity index (χ0v) is 65.2. The molecule has 9 heteroatoms. The number of carboxylic acid groups (broad SMARTS) is 1. The number of aliphatic carboxylic acids is 1. The molecule has 101 heavy (non-hydrogen) atoms. The minimum absolute atomic E-state index is 0.135. The molecule has 0 saturated heterocycles. The van der Waals surface area contributed by atoms with Crippen LogP contribution in [-0.4, -0.2) is 82.3 Å². The minimum atomic E-state index is -1.64. The highest BCUT2D eigenvalue weighted by Gasteiger charge is 2.22. The molecule has 570 valence electrons. The van der Waals surface area contributed by atoms with Crippen molar-refractivity contribution in [3.63, 3.8) is 0 Å². The van der Waals surface area contributed by atoms with Crippen LogP contribution in [0.15, 0.2) is 194 Å².